The highest BCUT2D eigenvalue weighted by molar-refractivity contribution is 5.91. The van der Waals surface area contributed by atoms with Crippen molar-refractivity contribution in [3.8, 4) is 0 Å². The third-order valence-corrected chi connectivity index (χ3v) is 4.37. The second-order valence-corrected chi connectivity index (χ2v) is 6.02. The first-order chi connectivity index (χ1) is 9.28. The molecule has 1 saturated carbocycles. The Labute approximate surface area is 117 Å². The van der Waals surface area contributed by atoms with Gasteiger partial charge in [0.05, 0.1) is 25.0 Å². The van der Waals surface area contributed by atoms with E-state index in [0.29, 0.717) is 19.5 Å². The van der Waals surface area contributed by atoms with Crippen molar-refractivity contribution in [1.29, 1.82) is 0 Å². The molecule has 1 unspecified atom stereocenters. The Bertz CT molecular complexity index is 448. The van der Waals surface area contributed by atoms with E-state index in [1.807, 2.05) is 0 Å². The molecule has 1 aliphatic heterocycles. The summed E-state index contributed by atoms with van der Waals surface area (Å²) in [6, 6.07) is -0.128. The maximum absolute atomic E-state index is 12.4. The van der Waals surface area contributed by atoms with Crippen LogP contribution >= 0.6 is 0 Å². The summed E-state index contributed by atoms with van der Waals surface area (Å²) >= 11 is 0. The highest BCUT2D eigenvalue weighted by atomic mass is 16.5. The number of likely N-dealkylation sites (tertiary alicyclic amines) is 1. The first-order valence-electron chi connectivity index (χ1n) is 6.65. The van der Waals surface area contributed by atoms with E-state index in [1.54, 1.807) is 18.7 Å². The number of aliphatic carboxylic acids is 1. The molecule has 2 aliphatic rings. The van der Waals surface area contributed by atoms with E-state index in [-0.39, 0.29) is 11.9 Å². The normalized spacial score (nSPS) is 30.8. The Morgan fingerprint density at radius 3 is 2.45 bits per heavy atom. The zero-order valence-electron chi connectivity index (χ0n) is 11.9. The Hall–Kier alpha value is -1.79. The van der Waals surface area contributed by atoms with Crippen molar-refractivity contribution < 1.29 is 24.2 Å². The smallest absolute Gasteiger partial charge is 0.407 e. The summed E-state index contributed by atoms with van der Waals surface area (Å²) in [5.74, 6) is -2.12. The summed E-state index contributed by atoms with van der Waals surface area (Å²) in [4.78, 5) is 36.2. The molecule has 20 heavy (non-hydrogen) atoms. The van der Waals surface area contributed by atoms with Gasteiger partial charge in [-0.1, -0.05) is 13.8 Å². The number of carboxylic acid groups (broad SMARTS) is 1. The lowest BCUT2D eigenvalue weighted by atomic mass is 10.1. The quantitative estimate of drug-likeness (QED) is 0.777. The highest BCUT2D eigenvalue weighted by Crippen LogP contribution is 2.59. The Morgan fingerprint density at radius 2 is 1.95 bits per heavy atom. The minimum absolute atomic E-state index is 0.128. The number of alkyl carbamates (subject to hydrolysis) is 1. The molecule has 2 rings (SSSR count). The summed E-state index contributed by atoms with van der Waals surface area (Å²) < 4.78 is 4.52. The van der Waals surface area contributed by atoms with Gasteiger partial charge in [-0.25, -0.2) is 4.79 Å². The minimum Gasteiger partial charge on any atom is -0.481 e. The van der Waals surface area contributed by atoms with Gasteiger partial charge >= 0.3 is 12.1 Å². The lowest BCUT2D eigenvalue weighted by Crippen LogP contribution is -2.39. The molecule has 1 saturated heterocycles. The first-order valence-corrected chi connectivity index (χ1v) is 6.65. The molecule has 0 aromatic heterocycles. The monoisotopic (exact) mass is 284 g/mol. The van der Waals surface area contributed by atoms with Crippen LogP contribution in [0.1, 0.15) is 20.3 Å². The van der Waals surface area contributed by atoms with Crippen molar-refractivity contribution in [3.05, 3.63) is 0 Å². The van der Waals surface area contributed by atoms with Crippen LogP contribution in [0.25, 0.3) is 0 Å². The molecule has 1 heterocycles. The van der Waals surface area contributed by atoms with Gasteiger partial charge in [0, 0.05) is 13.1 Å². The largest absolute Gasteiger partial charge is 0.481 e. The first kappa shape index (κ1) is 14.6. The van der Waals surface area contributed by atoms with Gasteiger partial charge in [0.15, 0.2) is 0 Å². The molecule has 2 N–H and O–H groups in total. The Balaban J connectivity index is 1.93. The lowest BCUT2D eigenvalue weighted by Gasteiger charge is -2.17. The van der Waals surface area contributed by atoms with Crippen LogP contribution in [0.2, 0.25) is 0 Å². The van der Waals surface area contributed by atoms with Gasteiger partial charge < -0.3 is 20.1 Å². The number of ether oxygens (including phenoxy) is 1. The van der Waals surface area contributed by atoms with Crippen molar-refractivity contribution in [2.45, 2.75) is 26.3 Å². The molecule has 2 amide bonds. The van der Waals surface area contributed by atoms with Gasteiger partial charge in [-0.2, -0.15) is 0 Å². The average molecular weight is 284 g/mol. The van der Waals surface area contributed by atoms with E-state index in [4.69, 9.17) is 5.11 Å². The van der Waals surface area contributed by atoms with E-state index in [2.05, 4.69) is 10.1 Å². The zero-order chi connectivity index (χ0) is 15.1. The molecule has 0 radical (unpaired) electrons. The third kappa shape index (κ3) is 2.44. The van der Waals surface area contributed by atoms with Gasteiger partial charge in [-0.05, 0) is 11.8 Å². The van der Waals surface area contributed by atoms with E-state index in [1.165, 1.54) is 7.11 Å². The number of carboxylic acids is 1. The van der Waals surface area contributed by atoms with Gasteiger partial charge in [-0.3, -0.25) is 9.59 Å². The molecule has 7 nitrogen and oxygen atoms in total. The zero-order valence-corrected chi connectivity index (χ0v) is 11.9. The molecule has 0 spiro atoms. The Kier molecular flexibility index (Phi) is 3.62. The van der Waals surface area contributed by atoms with Crippen molar-refractivity contribution in [3.63, 3.8) is 0 Å². The topological polar surface area (TPSA) is 95.9 Å². The molecule has 0 aromatic rings. The number of nitrogens with one attached hydrogen (secondary N) is 1. The van der Waals surface area contributed by atoms with Crippen LogP contribution in [0.15, 0.2) is 0 Å². The van der Waals surface area contributed by atoms with E-state index >= 15 is 0 Å². The van der Waals surface area contributed by atoms with Crippen molar-refractivity contribution >= 4 is 18.0 Å². The van der Waals surface area contributed by atoms with E-state index < -0.39 is 29.3 Å². The molecule has 0 bridgehead atoms. The molecular weight excluding hydrogens is 264 g/mol. The van der Waals surface area contributed by atoms with Gasteiger partial charge in [0.1, 0.15) is 0 Å². The molecule has 2 fully saturated rings. The SMILES string of the molecule is COC(=O)NC1CCN(C(=O)[C@H]2[C@@H](C(=O)O)C2(C)C)C1. The molecule has 112 valence electrons. The standard InChI is InChI=1S/C13H20N2O5/c1-13(2)8(9(13)11(17)18)10(16)15-5-4-7(6-15)14-12(19)20-3/h7-9H,4-6H2,1-3H3,(H,14,19)(H,17,18)/t7?,8-,9+/m1/s1. The lowest BCUT2D eigenvalue weighted by molar-refractivity contribution is -0.141. The summed E-state index contributed by atoms with van der Waals surface area (Å²) in [5, 5.41) is 11.8. The van der Waals surface area contributed by atoms with Crippen LogP contribution in [0, 0.1) is 17.3 Å². The molecule has 7 heteroatoms. The number of rotatable bonds is 3. The number of carbonyl (C=O) groups excluding carboxylic acids is 2. The predicted molar refractivity (Wildman–Crippen MR) is 68.9 cm³/mol. The number of hydrogen-bond donors (Lipinski definition) is 2. The Morgan fingerprint density at radius 1 is 1.30 bits per heavy atom. The van der Waals surface area contributed by atoms with Gasteiger partial charge in [0.25, 0.3) is 0 Å². The number of hydrogen-bond acceptors (Lipinski definition) is 4. The van der Waals surface area contributed by atoms with Crippen molar-refractivity contribution in [1.82, 2.24) is 10.2 Å². The van der Waals surface area contributed by atoms with E-state index in [0.717, 1.165) is 0 Å². The minimum atomic E-state index is -0.920. The van der Waals surface area contributed by atoms with Crippen LogP contribution in [-0.2, 0) is 14.3 Å². The van der Waals surface area contributed by atoms with Crippen LogP contribution in [-0.4, -0.2) is 54.2 Å². The molecule has 3 atom stereocenters. The summed E-state index contributed by atoms with van der Waals surface area (Å²) in [6.07, 6.45) is 0.144. The molecular formula is C13H20N2O5. The second-order valence-electron chi connectivity index (χ2n) is 6.02. The van der Waals surface area contributed by atoms with Gasteiger partial charge in [-0.15, -0.1) is 0 Å². The fourth-order valence-corrected chi connectivity index (χ4v) is 3.06. The maximum Gasteiger partial charge on any atom is 0.407 e. The summed E-state index contributed by atoms with van der Waals surface area (Å²) in [7, 11) is 1.29. The maximum atomic E-state index is 12.4. The molecule has 0 aromatic carbocycles. The van der Waals surface area contributed by atoms with Crippen LogP contribution in [0.4, 0.5) is 4.79 Å². The van der Waals surface area contributed by atoms with Crippen molar-refractivity contribution in [2.24, 2.45) is 17.3 Å². The third-order valence-electron chi connectivity index (χ3n) is 4.37. The molecule has 1 aliphatic carbocycles. The van der Waals surface area contributed by atoms with Crippen molar-refractivity contribution in [2.75, 3.05) is 20.2 Å². The van der Waals surface area contributed by atoms with Crippen LogP contribution in [0.3, 0.4) is 0 Å². The fraction of sp³-hybridized carbons (Fsp3) is 0.769. The summed E-state index contributed by atoms with van der Waals surface area (Å²) in [5.41, 5.74) is -0.489. The summed E-state index contributed by atoms with van der Waals surface area (Å²) in [6.45, 7) is 4.54. The van der Waals surface area contributed by atoms with E-state index in [9.17, 15) is 14.4 Å². The van der Waals surface area contributed by atoms with Gasteiger partial charge in [0.2, 0.25) is 5.91 Å². The fourth-order valence-electron chi connectivity index (χ4n) is 3.06. The number of amides is 2. The second kappa shape index (κ2) is 4.96. The number of nitrogens with zero attached hydrogens (tertiary/aromatic N) is 1. The average Bonchev–Trinajstić information content (AvgIpc) is 2.72. The predicted octanol–water partition coefficient (Wildman–Crippen LogP) is 0.300. The van der Waals surface area contributed by atoms with Crippen LogP contribution in [0.5, 0.6) is 0 Å². The van der Waals surface area contributed by atoms with Crippen LogP contribution < -0.4 is 5.32 Å². The highest BCUT2D eigenvalue weighted by Gasteiger charge is 2.66. The number of carbonyl (C=O) groups is 3. The number of methoxy groups -OCH3 is 1.